The van der Waals surface area contributed by atoms with E-state index in [2.05, 4.69) is 29.3 Å². The highest BCUT2D eigenvalue weighted by molar-refractivity contribution is 5.79. The van der Waals surface area contributed by atoms with Crippen molar-refractivity contribution in [2.45, 2.75) is 31.7 Å². The third-order valence-corrected chi connectivity index (χ3v) is 5.37. The van der Waals surface area contributed by atoms with Gasteiger partial charge in [-0.05, 0) is 36.7 Å². The van der Waals surface area contributed by atoms with Crippen molar-refractivity contribution in [1.29, 1.82) is 0 Å². The lowest BCUT2D eigenvalue weighted by Gasteiger charge is -2.21. The Labute approximate surface area is 167 Å². The van der Waals surface area contributed by atoms with Gasteiger partial charge in [-0.25, -0.2) is 0 Å². The van der Waals surface area contributed by atoms with E-state index in [1.54, 1.807) is 14.2 Å². The predicted molar refractivity (Wildman–Crippen MR) is 111 cm³/mol. The van der Waals surface area contributed by atoms with E-state index < -0.39 is 0 Å². The summed E-state index contributed by atoms with van der Waals surface area (Å²) in [6.07, 6.45) is 1.43. The molecule has 1 heterocycles. The van der Waals surface area contributed by atoms with Gasteiger partial charge in [-0.1, -0.05) is 37.3 Å². The number of amides is 1. The van der Waals surface area contributed by atoms with Gasteiger partial charge in [-0.3, -0.25) is 4.79 Å². The van der Waals surface area contributed by atoms with Crippen LogP contribution in [0, 0.1) is 0 Å². The average molecular weight is 383 g/mol. The van der Waals surface area contributed by atoms with Crippen LogP contribution in [-0.4, -0.2) is 50.7 Å². The van der Waals surface area contributed by atoms with E-state index in [4.69, 9.17) is 9.47 Å². The van der Waals surface area contributed by atoms with Gasteiger partial charge in [0, 0.05) is 30.6 Å². The molecule has 5 heteroatoms. The Morgan fingerprint density at radius 3 is 2.50 bits per heavy atom. The number of carbonyl (C=O) groups is 1. The third kappa shape index (κ3) is 4.84. The molecule has 1 amide bonds. The smallest absolute Gasteiger partial charge is 0.224 e. The Kier molecular flexibility index (Phi) is 6.93. The molecule has 1 aliphatic heterocycles. The van der Waals surface area contributed by atoms with Gasteiger partial charge in [0.2, 0.25) is 5.91 Å². The summed E-state index contributed by atoms with van der Waals surface area (Å²) in [6, 6.07) is 16.0. The van der Waals surface area contributed by atoms with Gasteiger partial charge in [-0.15, -0.1) is 0 Å². The van der Waals surface area contributed by atoms with Gasteiger partial charge in [-0.2, -0.15) is 0 Å². The number of hydrogen-bond donors (Lipinski definition) is 1. The van der Waals surface area contributed by atoms with Crippen LogP contribution < -0.4 is 14.8 Å². The van der Waals surface area contributed by atoms with Crippen LogP contribution >= 0.6 is 0 Å². The molecule has 0 saturated carbocycles. The minimum Gasteiger partial charge on any atom is -0.497 e. The quantitative estimate of drug-likeness (QED) is 0.762. The van der Waals surface area contributed by atoms with Crippen molar-refractivity contribution in [3.8, 4) is 11.5 Å². The Balaban J connectivity index is 1.71. The first-order valence-electron chi connectivity index (χ1n) is 9.92. The van der Waals surface area contributed by atoms with Crippen LogP contribution in [0.15, 0.2) is 48.5 Å². The first kappa shape index (κ1) is 20.2. The number of ether oxygens (including phenoxy) is 2. The van der Waals surface area contributed by atoms with Crippen molar-refractivity contribution < 1.29 is 14.3 Å². The summed E-state index contributed by atoms with van der Waals surface area (Å²) in [7, 11) is 3.31. The molecule has 28 heavy (non-hydrogen) atoms. The molecule has 0 aromatic heterocycles. The molecule has 150 valence electrons. The minimum absolute atomic E-state index is 0.0337. The van der Waals surface area contributed by atoms with Crippen LogP contribution in [0.4, 0.5) is 0 Å². The molecule has 0 unspecified atom stereocenters. The highest BCUT2D eigenvalue weighted by atomic mass is 16.5. The number of benzene rings is 2. The molecule has 1 aliphatic rings. The topological polar surface area (TPSA) is 50.8 Å². The minimum atomic E-state index is 0.0337. The molecule has 3 rings (SSSR count). The van der Waals surface area contributed by atoms with Gasteiger partial charge >= 0.3 is 0 Å². The molecule has 0 aliphatic carbocycles. The van der Waals surface area contributed by atoms with E-state index in [1.165, 1.54) is 5.56 Å². The number of methoxy groups -OCH3 is 2. The summed E-state index contributed by atoms with van der Waals surface area (Å²) in [4.78, 5) is 15.2. The molecule has 5 nitrogen and oxygen atoms in total. The molecule has 1 saturated heterocycles. The molecule has 1 N–H and O–H groups in total. The lowest BCUT2D eigenvalue weighted by atomic mass is 9.94. The Morgan fingerprint density at radius 1 is 1.07 bits per heavy atom. The molecular formula is C23H30N2O3. The Hall–Kier alpha value is -2.53. The van der Waals surface area contributed by atoms with Gasteiger partial charge in [0.05, 0.1) is 20.6 Å². The van der Waals surface area contributed by atoms with Gasteiger partial charge < -0.3 is 19.7 Å². The van der Waals surface area contributed by atoms with Crippen LogP contribution in [0.3, 0.4) is 0 Å². The number of para-hydroxylation sites is 1. The number of likely N-dealkylation sites (tertiary alicyclic amines) is 1. The lowest BCUT2D eigenvalue weighted by molar-refractivity contribution is -0.121. The molecule has 0 bridgehead atoms. The van der Waals surface area contributed by atoms with E-state index in [9.17, 15) is 4.79 Å². The standard InChI is InChI=1S/C23H30N2O3/c1-4-13-25-15-20(17-9-11-19(27-2)12-10-17)21(16-25)24-23(26)14-18-7-5-6-8-22(18)28-3/h5-12,20-21H,4,13-16H2,1-3H3,(H,24,26)/t20-,21+/m1/s1. The largest absolute Gasteiger partial charge is 0.497 e. The second kappa shape index (κ2) is 9.60. The molecule has 0 radical (unpaired) electrons. The van der Waals surface area contributed by atoms with Gasteiger partial charge in [0.15, 0.2) is 0 Å². The van der Waals surface area contributed by atoms with E-state index in [0.717, 1.165) is 43.1 Å². The Bertz CT molecular complexity index is 776. The first-order valence-corrected chi connectivity index (χ1v) is 9.92. The van der Waals surface area contributed by atoms with Crippen LogP contribution in [0.1, 0.15) is 30.4 Å². The summed E-state index contributed by atoms with van der Waals surface area (Å²) in [5.74, 6) is 1.91. The summed E-state index contributed by atoms with van der Waals surface area (Å²) in [5, 5.41) is 3.28. The monoisotopic (exact) mass is 382 g/mol. The number of nitrogens with one attached hydrogen (secondary N) is 1. The fraction of sp³-hybridized carbons (Fsp3) is 0.435. The lowest BCUT2D eigenvalue weighted by Crippen LogP contribution is -2.40. The van der Waals surface area contributed by atoms with E-state index in [0.29, 0.717) is 6.42 Å². The van der Waals surface area contributed by atoms with Crippen molar-refractivity contribution in [3.63, 3.8) is 0 Å². The summed E-state index contributed by atoms with van der Waals surface area (Å²) < 4.78 is 10.7. The zero-order valence-corrected chi connectivity index (χ0v) is 17.0. The van der Waals surface area contributed by atoms with Crippen molar-refractivity contribution in [2.75, 3.05) is 33.9 Å². The first-order chi connectivity index (χ1) is 13.6. The Morgan fingerprint density at radius 2 is 1.82 bits per heavy atom. The van der Waals surface area contributed by atoms with Crippen molar-refractivity contribution in [3.05, 3.63) is 59.7 Å². The van der Waals surface area contributed by atoms with E-state index >= 15 is 0 Å². The molecular weight excluding hydrogens is 352 g/mol. The molecule has 0 spiro atoms. The SMILES string of the molecule is CCCN1C[C@H](NC(=O)Cc2ccccc2OC)[C@@H](c2ccc(OC)cc2)C1. The second-order valence-corrected chi connectivity index (χ2v) is 7.30. The van der Waals surface area contributed by atoms with Crippen LogP contribution in [0.25, 0.3) is 0 Å². The van der Waals surface area contributed by atoms with E-state index in [-0.39, 0.29) is 17.9 Å². The highest BCUT2D eigenvalue weighted by Gasteiger charge is 2.34. The highest BCUT2D eigenvalue weighted by Crippen LogP contribution is 2.29. The van der Waals surface area contributed by atoms with Crippen molar-refractivity contribution in [2.24, 2.45) is 0 Å². The summed E-state index contributed by atoms with van der Waals surface area (Å²) >= 11 is 0. The van der Waals surface area contributed by atoms with Crippen LogP contribution in [-0.2, 0) is 11.2 Å². The summed E-state index contributed by atoms with van der Waals surface area (Å²) in [6.45, 7) is 5.07. The molecule has 1 fully saturated rings. The molecule has 2 atom stereocenters. The zero-order valence-electron chi connectivity index (χ0n) is 17.0. The normalized spacial score (nSPS) is 19.4. The fourth-order valence-electron chi connectivity index (χ4n) is 4.00. The fourth-order valence-corrected chi connectivity index (χ4v) is 4.00. The van der Waals surface area contributed by atoms with Crippen LogP contribution in [0.2, 0.25) is 0 Å². The maximum Gasteiger partial charge on any atom is 0.224 e. The predicted octanol–water partition coefficient (Wildman–Crippen LogP) is 3.24. The van der Waals surface area contributed by atoms with Gasteiger partial charge in [0.25, 0.3) is 0 Å². The second-order valence-electron chi connectivity index (χ2n) is 7.30. The summed E-state index contributed by atoms with van der Waals surface area (Å²) in [5.41, 5.74) is 2.15. The molecule has 2 aromatic rings. The number of carbonyl (C=O) groups excluding carboxylic acids is 1. The average Bonchev–Trinajstić information content (AvgIpc) is 3.10. The maximum absolute atomic E-state index is 12.8. The molecule has 2 aromatic carbocycles. The number of hydrogen-bond acceptors (Lipinski definition) is 4. The van der Waals surface area contributed by atoms with Crippen LogP contribution in [0.5, 0.6) is 11.5 Å². The van der Waals surface area contributed by atoms with Crippen molar-refractivity contribution >= 4 is 5.91 Å². The zero-order chi connectivity index (χ0) is 19.9. The number of nitrogens with zero attached hydrogens (tertiary/aromatic N) is 1. The van der Waals surface area contributed by atoms with E-state index in [1.807, 2.05) is 36.4 Å². The third-order valence-electron chi connectivity index (χ3n) is 5.37. The maximum atomic E-state index is 12.8. The number of rotatable bonds is 8. The van der Waals surface area contributed by atoms with Crippen molar-refractivity contribution in [1.82, 2.24) is 10.2 Å². The van der Waals surface area contributed by atoms with Gasteiger partial charge in [0.1, 0.15) is 11.5 Å².